The van der Waals surface area contributed by atoms with Gasteiger partial charge in [0.1, 0.15) is 23.7 Å². The highest BCUT2D eigenvalue weighted by molar-refractivity contribution is 5.78. The SMILES string of the molecule is COc1ccc(C(c2ccccc2)(c2ccc(OC)cc2)C(C)C(=O)O[C@H]2[C@@H](O)[C@H](n3cc(C)c(=O)[nH]c3=O)O[C@@H]2CO)cc1. The molecule has 1 aromatic heterocycles. The number of benzene rings is 3. The molecule has 236 valence electrons. The van der Waals surface area contributed by atoms with E-state index in [4.69, 9.17) is 18.9 Å². The molecule has 11 nitrogen and oxygen atoms in total. The molecule has 11 heteroatoms. The predicted octanol–water partition coefficient (Wildman–Crippen LogP) is 2.70. The molecule has 0 spiro atoms. The Kier molecular flexibility index (Phi) is 9.24. The van der Waals surface area contributed by atoms with Crippen molar-refractivity contribution in [1.82, 2.24) is 9.55 Å². The van der Waals surface area contributed by atoms with Crippen LogP contribution in [0.1, 0.15) is 35.4 Å². The van der Waals surface area contributed by atoms with Crippen molar-refractivity contribution in [2.24, 2.45) is 5.92 Å². The smallest absolute Gasteiger partial charge is 0.330 e. The number of methoxy groups -OCH3 is 2. The zero-order valence-electron chi connectivity index (χ0n) is 25.4. The van der Waals surface area contributed by atoms with E-state index in [9.17, 15) is 24.6 Å². The second kappa shape index (κ2) is 13.1. The third-order valence-corrected chi connectivity index (χ3v) is 8.48. The third-order valence-electron chi connectivity index (χ3n) is 8.48. The maximum absolute atomic E-state index is 14.3. The summed E-state index contributed by atoms with van der Waals surface area (Å²) in [6.45, 7) is 2.64. The summed E-state index contributed by atoms with van der Waals surface area (Å²) < 4.78 is 23.6. The number of aliphatic hydroxyl groups excluding tert-OH is 2. The van der Waals surface area contributed by atoms with Crippen molar-refractivity contribution in [3.63, 3.8) is 0 Å². The van der Waals surface area contributed by atoms with Crippen LogP contribution in [0, 0.1) is 12.8 Å². The van der Waals surface area contributed by atoms with Crippen molar-refractivity contribution >= 4 is 5.97 Å². The van der Waals surface area contributed by atoms with Crippen LogP contribution < -0.4 is 20.7 Å². The monoisotopic (exact) mass is 616 g/mol. The predicted molar refractivity (Wildman–Crippen MR) is 164 cm³/mol. The molecular formula is C34H36N2O9. The van der Waals surface area contributed by atoms with Crippen LogP contribution in [0.2, 0.25) is 0 Å². The number of carbonyl (C=O) groups excluding carboxylic acids is 1. The number of aromatic amines is 1. The average molecular weight is 617 g/mol. The Morgan fingerprint density at radius 3 is 1.98 bits per heavy atom. The average Bonchev–Trinajstić information content (AvgIpc) is 3.38. The number of rotatable bonds is 10. The molecule has 45 heavy (non-hydrogen) atoms. The first-order valence-corrected chi connectivity index (χ1v) is 14.5. The second-order valence-corrected chi connectivity index (χ2v) is 11.0. The maximum atomic E-state index is 14.3. The fraction of sp³-hybridized carbons (Fsp3) is 0.324. The lowest BCUT2D eigenvalue weighted by molar-refractivity contribution is -0.162. The molecule has 0 radical (unpaired) electrons. The molecule has 2 heterocycles. The minimum atomic E-state index is -1.53. The molecule has 0 saturated carbocycles. The summed E-state index contributed by atoms with van der Waals surface area (Å²) in [6.07, 6.45) is -4.07. The normalized spacial score (nSPS) is 20.4. The van der Waals surface area contributed by atoms with Crippen molar-refractivity contribution in [3.05, 3.63) is 128 Å². The Bertz CT molecular complexity index is 1690. The summed E-state index contributed by atoms with van der Waals surface area (Å²) in [7, 11) is 3.15. The Labute approximate surface area is 259 Å². The minimum absolute atomic E-state index is 0.214. The molecular weight excluding hydrogens is 580 g/mol. The largest absolute Gasteiger partial charge is 0.497 e. The third kappa shape index (κ3) is 5.77. The number of carbonyl (C=O) groups is 1. The Hall–Kier alpha value is -4.71. The summed E-state index contributed by atoms with van der Waals surface area (Å²) >= 11 is 0. The highest BCUT2D eigenvalue weighted by Gasteiger charge is 2.51. The van der Waals surface area contributed by atoms with Crippen molar-refractivity contribution in [2.45, 2.75) is 43.8 Å². The number of nitrogens with one attached hydrogen (secondary N) is 1. The van der Waals surface area contributed by atoms with Gasteiger partial charge in [-0.15, -0.1) is 0 Å². The van der Waals surface area contributed by atoms with Crippen LogP contribution in [0.4, 0.5) is 0 Å². The van der Waals surface area contributed by atoms with Gasteiger partial charge in [-0.05, 0) is 47.9 Å². The maximum Gasteiger partial charge on any atom is 0.330 e. The summed E-state index contributed by atoms with van der Waals surface area (Å²) in [6, 6.07) is 24.4. The standard InChI is InChI=1S/C34H36N2O9/c1-20-18-36(33(41)35-30(20)39)31-28(38)29(27(19-37)44-31)45-32(40)21(2)34(22-8-6-5-7-9-22,23-10-14-25(42-3)15-11-23)24-12-16-26(43-4)17-13-24/h5-18,21,27-29,31,37-38H,19H2,1-4H3,(H,35,39,41)/t21?,27-,28-,29-,31-/m1/s1. The van der Waals surface area contributed by atoms with Crippen LogP contribution in [-0.2, 0) is 19.7 Å². The van der Waals surface area contributed by atoms with Gasteiger partial charge in [0.05, 0.1) is 32.2 Å². The lowest BCUT2D eigenvalue weighted by Gasteiger charge is -2.40. The number of ether oxygens (including phenoxy) is 4. The number of aryl methyl sites for hydroxylation is 1. The van der Waals surface area contributed by atoms with Gasteiger partial charge in [-0.3, -0.25) is 19.1 Å². The molecule has 1 unspecified atom stereocenters. The van der Waals surface area contributed by atoms with E-state index in [1.54, 1.807) is 21.1 Å². The molecule has 4 aromatic rings. The van der Waals surface area contributed by atoms with E-state index in [-0.39, 0.29) is 5.56 Å². The van der Waals surface area contributed by atoms with Gasteiger partial charge in [-0.2, -0.15) is 0 Å². The molecule has 1 aliphatic heterocycles. The van der Waals surface area contributed by atoms with Gasteiger partial charge < -0.3 is 29.2 Å². The number of hydrogen-bond donors (Lipinski definition) is 3. The van der Waals surface area contributed by atoms with Crippen LogP contribution in [0.25, 0.3) is 0 Å². The molecule has 3 aromatic carbocycles. The van der Waals surface area contributed by atoms with Crippen molar-refractivity contribution in [1.29, 1.82) is 0 Å². The number of aliphatic hydroxyl groups is 2. The molecule has 5 rings (SSSR count). The number of nitrogens with zero attached hydrogens (tertiary/aromatic N) is 1. The van der Waals surface area contributed by atoms with Gasteiger partial charge in [-0.1, -0.05) is 61.5 Å². The van der Waals surface area contributed by atoms with Crippen LogP contribution in [0.3, 0.4) is 0 Å². The van der Waals surface area contributed by atoms with E-state index >= 15 is 0 Å². The van der Waals surface area contributed by atoms with Gasteiger partial charge in [0.15, 0.2) is 12.3 Å². The number of H-pyrrole nitrogens is 1. The summed E-state index contributed by atoms with van der Waals surface area (Å²) in [5.41, 5.74) is 0.0924. The fourth-order valence-corrected chi connectivity index (χ4v) is 6.09. The molecule has 1 aliphatic rings. The summed E-state index contributed by atoms with van der Waals surface area (Å²) in [5, 5.41) is 21.4. The topological polar surface area (TPSA) is 149 Å². The van der Waals surface area contributed by atoms with Gasteiger partial charge in [-0.25, -0.2) is 4.79 Å². The molecule has 0 aliphatic carbocycles. The van der Waals surface area contributed by atoms with Gasteiger partial charge in [0.2, 0.25) is 0 Å². The lowest BCUT2D eigenvalue weighted by atomic mass is 9.62. The molecule has 5 atom stereocenters. The highest BCUT2D eigenvalue weighted by Crippen LogP contribution is 2.47. The summed E-state index contributed by atoms with van der Waals surface area (Å²) in [5.74, 6) is -0.296. The Morgan fingerprint density at radius 1 is 0.933 bits per heavy atom. The van der Waals surface area contributed by atoms with Crippen LogP contribution in [-0.4, -0.2) is 64.9 Å². The molecule has 1 fully saturated rings. The van der Waals surface area contributed by atoms with Crippen LogP contribution in [0.5, 0.6) is 11.5 Å². The number of aromatic nitrogens is 2. The van der Waals surface area contributed by atoms with E-state index in [2.05, 4.69) is 4.98 Å². The Balaban J connectivity index is 1.59. The Morgan fingerprint density at radius 2 is 1.47 bits per heavy atom. The zero-order chi connectivity index (χ0) is 32.3. The van der Waals surface area contributed by atoms with Crippen LogP contribution >= 0.6 is 0 Å². The van der Waals surface area contributed by atoms with Crippen molar-refractivity contribution < 1.29 is 34.0 Å². The van der Waals surface area contributed by atoms with E-state index in [0.29, 0.717) is 11.5 Å². The second-order valence-electron chi connectivity index (χ2n) is 11.0. The first-order valence-electron chi connectivity index (χ1n) is 14.5. The highest BCUT2D eigenvalue weighted by atomic mass is 16.6. The lowest BCUT2D eigenvalue weighted by Crippen LogP contribution is -2.45. The fourth-order valence-electron chi connectivity index (χ4n) is 6.09. The molecule has 1 saturated heterocycles. The molecule has 0 amide bonds. The first-order chi connectivity index (χ1) is 21.6. The molecule has 0 bridgehead atoms. The zero-order valence-corrected chi connectivity index (χ0v) is 25.4. The minimum Gasteiger partial charge on any atom is -0.497 e. The van der Waals surface area contributed by atoms with E-state index in [1.807, 2.05) is 78.9 Å². The summed E-state index contributed by atoms with van der Waals surface area (Å²) in [4.78, 5) is 41.0. The van der Waals surface area contributed by atoms with Gasteiger partial charge in [0, 0.05) is 11.8 Å². The van der Waals surface area contributed by atoms with Gasteiger partial charge in [0.25, 0.3) is 5.56 Å². The van der Waals surface area contributed by atoms with E-state index < -0.39 is 59.7 Å². The number of hydrogen-bond acceptors (Lipinski definition) is 9. The number of esters is 1. The quantitative estimate of drug-likeness (QED) is 0.181. The van der Waals surface area contributed by atoms with Crippen LogP contribution in [0.15, 0.2) is 94.6 Å². The molecule has 3 N–H and O–H groups in total. The van der Waals surface area contributed by atoms with Crippen molar-refractivity contribution in [2.75, 3.05) is 20.8 Å². The van der Waals surface area contributed by atoms with Crippen molar-refractivity contribution in [3.8, 4) is 11.5 Å². The van der Waals surface area contributed by atoms with E-state index in [1.165, 1.54) is 13.1 Å². The van der Waals surface area contributed by atoms with E-state index in [0.717, 1.165) is 21.3 Å². The first kappa shape index (κ1) is 31.7. The van der Waals surface area contributed by atoms with Gasteiger partial charge >= 0.3 is 11.7 Å².